The van der Waals surface area contributed by atoms with Crippen molar-refractivity contribution in [2.75, 3.05) is 37.7 Å². The summed E-state index contributed by atoms with van der Waals surface area (Å²) in [7, 11) is 0. The van der Waals surface area contributed by atoms with E-state index in [9.17, 15) is 5.11 Å². The minimum absolute atomic E-state index is 0.00735. The van der Waals surface area contributed by atoms with Gasteiger partial charge in [0.2, 0.25) is 0 Å². The number of aromatic nitrogens is 3. The van der Waals surface area contributed by atoms with Crippen LogP contribution in [0.5, 0.6) is 11.8 Å². The Bertz CT molecular complexity index is 1660. The number of halogens is 2. The van der Waals surface area contributed by atoms with Gasteiger partial charge in [-0.2, -0.15) is 9.97 Å². The third kappa shape index (κ3) is 4.10. The number of fused-ring (bicyclic) bond motifs is 5. The predicted molar refractivity (Wildman–Crippen MR) is 152 cm³/mol. The molecule has 2 atom stereocenters. The molecule has 4 aromatic rings. The van der Waals surface area contributed by atoms with E-state index in [0.717, 1.165) is 64.7 Å². The molecule has 4 aliphatic rings. The Morgan fingerprint density at radius 2 is 1.83 bits per heavy atom. The summed E-state index contributed by atoms with van der Waals surface area (Å²) in [5, 5.41) is 15.2. The quantitative estimate of drug-likeness (QED) is 0.362. The van der Waals surface area contributed by atoms with Crippen molar-refractivity contribution in [1.82, 2.24) is 25.2 Å². The molecule has 41 heavy (non-hydrogen) atoms. The van der Waals surface area contributed by atoms with Gasteiger partial charge in [-0.1, -0.05) is 12.1 Å². The van der Waals surface area contributed by atoms with E-state index in [2.05, 4.69) is 25.1 Å². The molecule has 4 saturated heterocycles. The van der Waals surface area contributed by atoms with Gasteiger partial charge in [0, 0.05) is 42.3 Å². The number of pyridine rings is 1. The smallest absolute Gasteiger partial charge is 0.319 e. The van der Waals surface area contributed by atoms with Gasteiger partial charge in [-0.05, 0) is 75.2 Å². The van der Waals surface area contributed by atoms with Crippen LogP contribution in [0.3, 0.4) is 0 Å². The first-order valence-corrected chi connectivity index (χ1v) is 14.6. The van der Waals surface area contributed by atoms with Crippen molar-refractivity contribution in [2.24, 2.45) is 0 Å². The van der Waals surface area contributed by atoms with Gasteiger partial charge < -0.3 is 20.1 Å². The number of nitrogens with one attached hydrogen (secondary N) is 1. The van der Waals surface area contributed by atoms with Crippen LogP contribution in [-0.2, 0) is 0 Å². The molecular formula is C31H32F2N6O2. The van der Waals surface area contributed by atoms with E-state index < -0.39 is 11.6 Å². The molecular weight excluding hydrogens is 526 g/mol. The molecule has 2 N–H and O–H groups in total. The molecule has 2 aromatic carbocycles. The molecule has 2 aromatic heterocycles. The molecule has 212 valence electrons. The molecule has 8 nitrogen and oxygen atoms in total. The summed E-state index contributed by atoms with van der Waals surface area (Å²) in [5.74, 6) is -0.689. The van der Waals surface area contributed by atoms with Gasteiger partial charge >= 0.3 is 6.01 Å². The summed E-state index contributed by atoms with van der Waals surface area (Å²) in [5.41, 5.74) is 0.176. The monoisotopic (exact) mass is 558 g/mol. The van der Waals surface area contributed by atoms with Crippen molar-refractivity contribution in [2.45, 2.75) is 56.1 Å². The van der Waals surface area contributed by atoms with E-state index in [1.807, 2.05) is 0 Å². The number of hydrogen-bond acceptors (Lipinski definition) is 8. The van der Waals surface area contributed by atoms with Crippen molar-refractivity contribution in [3.63, 3.8) is 0 Å². The maximum Gasteiger partial charge on any atom is 0.319 e. The van der Waals surface area contributed by atoms with E-state index in [0.29, 0.717) is 35.3 Å². The fraction of sp³-hybridized carbons (Fsp3) is 0.452. The topological polar surface area (TPSA) is 86.6 Å². The lowest BCUT2D eigenvalue weighted by molar-refractivity contribution is 0.108. The van der Waals surface area contributed by atoms with Gasteiger partial charge in [0.15, 0.2) is 5.82 Å². The van der Waals surface area contributed by atoms with Crippen LogP contribution in [0.2, 0.25) is 0 Å². The van der Waals surface area contributed by atoms with Crippen LogP contribution in [0.4, 0.5) is 14.6 Å². The molecule has 4 fully saturated rings. The zero-order valence-electron chi connectivity index (χ0n) is 22.7. The van der Waals surface area contributed by atoms with Crippen LogP contribution in [0.1, 0.15) is 38.5 Å². The van der Waals surface area contributed by atoms with Crippen LogP contribution in [0.15, 0.2) is 36.5 Å². The Morgan fingerprint density at radius 1 is 1.05 bits per heavy atom. The maximum absolute atomic E-state index is 16.5. The number of hydrogen-bond donors (Lipinski definition) is 2. The third-order valence-electron chi connectivity index (χ3n) is 9.61. The van der Waals surface area contributed by atoms with Crippen LogP contribution in [-0.4, -0.2) is 75.4 Å². The first-order chi connectivity index (χ1) is 20.0. The second-order valence-corrected chi connectivity index (χ2v) is 12.1. The summed E-state index contributed by atoms with van der Waals surface area (Å²) >= 11 is 0. The van der Waals surface area contributed by atoms with Crippen molar-refractivity contribution in [1.29, 1.82) is 0 Å². The van der Waals surface area contributed by atoms with Gasteiger partial charge in [-0.15, -0.1) is 0 Å². The van der Waals surface area contributed by atoms with Gasteiger partial charge in [-0.25, -0.2) is 8.78 Å². The Kier molecular flexibility index (Phi) is 5.79. The molecule has 6 heterocycles. The summed E-state index contributed by atoms with van der Waals surface area (Å²) in [6.07, 6.45) is 8.21. The standard InChI is InChI=1S/C31H32F2N6O2/c32-24-5-1-4-18-12-21(40)13-22(25(18)24)27-26(33)28-23(14-34-27)29(38-15-19-6-7-20(16-38)35-19)37-30(36-28)41-17-31-8-2-10-39(31)11-3-9-31/h1,4-5,12-14,19-20,35,40H,2-3,6-11,15-17H2. The van der Waals surface area contributed by atoms with Crippen LogP contribution in [0.25, 0.3) is 32.9 Å². The lowest BCUT2D eigenvalue weighted by Crippen LogP contribution is -2.51. The fourth-order valence-corrected chi connectivity index (χ4v) is 7.70. The highest BCUT2D eigenvalue weighted by Gasteiger charge is 2.45. The fourth-order valence-electron chi connectivity index (χ4n) is 7.70. The lowest BCUT2D eigenvalue weighted by Gasteiger charge is -2.34. The molecule has 0 radical (unpaired) electrons. The van der Waals surface area contributed by atoms with Gasteiger partial charge in [0.25, 0.3) is 0 Å². The SMILES string of the molecule is Oc1cc(-c2ncc3c(N4CC5CCC(C4)N5)nc(OCC45CCCN4CCC5)nc3c2F)c2c(F)cccc2c1. The highest BCUT2D eigenvalue weighted by molar-refractivity contribution is 6.00. The molecule has 2 bridgehead atoms. The normalized spacial score (nSPS) is 23.5. The Labute approximate surface area is 236 Å². The second kappa shape index (κ2) is 9.46. The molecule has 8 rings (SSSR count). The number of phenols is 1. The number of piperazine rings is 1. The zero-order valence-corrected chi connectivity index (χ0v) is 22.7. The second-order valence-electron chi connectivity index (χ2n) is 12.1. The van der Waals surface area contributed by atoms with Crippen molar-refractivity contribution in [3.8, 4) is 23.0 Å². The molecule has 10 heteroatoms. The average Bonchev–Trinajstić information content (AvgIpc) is 3.65. The van der Waals surface area contributed by atoms with Gasteiger partial charge in [0.1, 0.15) is 35.2 Å². The molecule has 2 unspecified atom stereocenters. The average molecular weight is 559 g/mol. The highest BCUT2D eigenvalue weighted by atomic mass is 19.1. The molecule has 0 saturated carbocycles. The number of benzene rings is 2. The first kappa shape index (κ1) is 25.1. The first-order valence-electron chi connectivity index (χ1n) is 14.6. The maximum atomic E-state index is 16.5. The lowest BCUT2D eigenvalue weighted by atomic mass is 9.95. The van der Waals surface area contributed by atoms with E-state index in [1.54, 1.807) is 18.3 Å². The number of nitrogens with zero attached hydrogens (tertiary/aromatic N) is 5. The summed E-state index contributed by atoms with van der Waals surface area (Å²) in [6, 6.07) is 8.23. The molecule has 0 spiro atoms. The number of aromatic hydroxyl groups is 1. The summed E-state index contributed by atoms with van der Waals surface area (Å²) < 4.78 is 37.9. The zero-order chi connectivity index (χ0) is 27.7. The summed E-state index contributed by atoms with van der Waals surface area (Å²) in [6.45, 7) is 4.13. The van der Waals surface area contributed by atoms with Crippen molar-refractivity contribution < 1.29 is 18.6 Å². The highest BCUT2D eigenvalue weighted by Crippen LogP contribution is 2.41. The number of rotatable bonds is 5. The Hall–Kier alpha value is -3.63. The largest absolute Gasteiger partial charge is 0.508 e. The van der Waals surface area contributed by atoms with Gasteiger partial charge in [0.05, 0.1) is 10.9 Å². The minimum atomic E-state index is -0.689. The van der Waals surface area contributed by atoms with E-state index >= 15 is 8.78 Å². The molecule has 0 amide bonds. The van der Waals surface area contributed by atoms with Crippen molar-refractivity contribution >= 4 is 27.5 Å². The van der Waals surface area contributed by atoms with Crippen molar-refractivity contribution in [3.05, 3.63) is 48.2 Å². The van der Waals surface area contributed by atoms with Crippen LogP contribution in [0, 0.1) is 11.6 Å². The van der Waals surface area contributed by atoms with Crippen LogP contribution >= 0.6 is 0 Å². The Balaban J connectivity index is 1.26. The van der Waals surface area contributed by atoms with Crippen LogP contribution < -0.4 is 15.0 Å². The summed E-state index contributed by atoms with van der Waals surface area (Å²) in [4.78, 5) is 18.6. The minimum Gasteiger partial charge on any atom is -0.508 e. The Morgan fingerprint density at radius 3 is 2.61 bits per heavy atom. The number of phenolic OH excluding ortho intramolecular Hbond substituents is 1. The van der Waals surface area contributed by atoms with E-state index in [-0.39, 0.29) is 39.5 Å². The van der Waals surface area contributed by atoms with E-state index in [1.165, 1.54) is 18.2 Å². The van der Waals surface area contributed by atoms with Gasteiger partial charge in [-0.3, -0.25) is 9.88 Å². The predicted octanol–water partition coefficient (Wildman–Crippen LogP) is 4.78. The van der Waals surface area contributed by atoms with E-state index in [4.69, 9.17) is 9.72 Å². The number of ether oxygens (including phenoxy) is 1. The molecule has 0 aliphatic carbocycles. The third-order valence-corrected chi connectivity index (χ3v) is 9.61. The molecule has 4 aliphatic heterocycles. The number of anilines is 1.